The third-order valence-electron chi connectivity index (χ3n) is 4.15. The first-order valence-corrected chi connectivity index (χ1v) is 12.5. The number of ether oxygens (including phenoxy) is 2. The lowest BCUT2D eigenvalue weighted by molar-refractivity contribution is -0.160. The van der Waals surface area contributed by atoms with Crippen LogP contribution in [0.1, 0.15) is 11.1 Å². The molecule has 194 valence electrons. The second kappa shape index (κ2) is 15.2. The number of esters is 2. The highest BCUT2D eigenvalue weighted by molar-refractivity contribution is 7.86. The van der Waals surface area contributed by atoms with Gasteiger partial charge in [-0.05, 0) is 38.1 Å². The summed E-state index contributed by atoms with van der Waals surface area (Å²) in [7, 11) is -1.59. The number of carbonyl (C=O) groups excluding carboxylic acids is 2. The van der Waals surface area contributed by atoms with Crippen molar-refractivity contribution in [1.29, 1.82) is 0 Å². The molecular weight excluding hydrogens is 504 g/mol. The van der Waals surface area contributed by atoms with Crippen LogP contribution in [-0.2, 0) is 48.9 Å². The first-order chi connectivity index (χ1) is 16.5. The summed E-state index contributed by atoms with van der Waals surface area (Å²) in [5.74, 6) is -2.41. The van der Waals surface area contributed by atoms with E-state index in [0.29, 0.717) is 5.75 Å². The Kier molecular flexibility index (Phi) is 13.1. The van der Waals surface area contributed by atoms with E-state index in [-0.39, 0.29) is 18.1 Å². The molecule has 1 atom stereocenters. The van der Waals surface area contributed by atoms with Crippen LogP contribution < -0.4 is 4.18 Å². The van der Waals surface area contributed by atoms with Crippen molar-refractivity contribution in [3.05, 3.63) is 59.7 Å². The van der Waals surface area contributed by atoms with Crippen LogP contribution in [-0.4, -0.2) is 63.7 Å². The highest BCUT2D eigenvalue weighted by Gasteiger charge is 2.27. The van der Waals surface area contributed by atoms with Crippen molar-refractivity contribution in [3.63, 3.8) is 0 Å². The first kappa shape index (κ1) is 30.2. The number of carbonyl (C=O) groups is 2. The Balaban J connectivity index is 0.000000471. The molecule has 0 fully saturated rings. The molecule has 1 N–H and O–H groups in total. The number of rotatable bonds is 11. The van der Waals surface area contributed by atoms with E-state index in [1.165, 1.54) is 12.1 Å². The minimum Gasteiger partial charge on any atom is -0.468 e. The molecule has 0 bridgehead atoms. The fourth-order valence-electron chi connectivity index (χ4n) is 2.25. The number of benzene rings is 2. The molecule has 1 unspecified atom stereocenters. The largest absolute Gasteiger partial charge is 0.468 e. The van der Waals surface area contributed by atoms with Crippen LogP contribution in [0, 0.1) is 19.8 Å². The Labute approximate surface area is 206 Å². The summed E-state index contributed by atoms with van der Waals surface area (Å²) in [4.78, 5) is 21.4. The maximum absolute atomic E-state index is 11.9. The molecule has 0 heterocycles. The van der Waals surface area contributed by atoms with E-state index in [1.54, 1.807) is 24.3 Å². The summed E-state index contributed by atoms with van der Waals surface area (Å²) in [5, 5.41) is 8.53. The van der Waals surface area contributed by atoms with Crippen molar-refractivity contribution in [2.75, 3.05) is 34.0 Å². The van der Waals surface area contributed by atoms with E-state index >= 15 is 0 Å². The number of methoxy groups -OCH3 is 2. The van der Waals surface area contributed by atoms with E-state index in [2.05, 4.69) is 9.47 Å². The van der Waals surface area contributed by atoms with Gasteiger partial charge in [0.1, 0.15) is 5.75 Å². The van der Waals surface area contributed by atoms with Gasteiger partial charge in [0.25, 0.3) is 10.1 Å². The molecule has 13 heteroatoms. The van der Waals surface area contributed by atoms with Crippen LogP contribution in [0.4, 0.5) is 0 Å². The molecule has 0 spiro atoms. The van der Waals surface area contributed by atoms with Gasteiger partial charge in [-0.1, -0.05) is 35.4 Å². The average molecular weight is 533 g/mol. The molecule has 0 amide bonds. The van der Waals surface area contributed by atoms with Gasteiger partial charge in [0, 0.05) is 0 Å². The highest BCUT2D eigenvalue weighted by atomic mass is 32.2. The summed E-state index contributed by atoms with van der Waals surface area (Å²) in [6.45, 7) is 2.72. The maximum atomic E-state index is 11.9. The Morgan fingerprint density at radius 2 is 1.37 bits per heavy atom. The molecule has 0 radical (unpaired) electrons. The van der Waals surface area contributed by atoms with Crippen molar-refractivity contribution in [2.45, 2.75) is 18.7 Å². The van der Waals surface area contributed by atoms with Crippen molar-refractivity contribution in [2.24, 2.45) is 5.92 Å². The minimum atomic E-state index is -3.86. The summed E-state index contributed by atoms with van der Waals surface area (Å²) >= 11 is -2.03. The number of hydrogen-bond donors (Lipinski definition) is 1. The normalized spacial score (nSPS) is 11.7. The number of aliphatic hydroxyl groups excluding tert-OH is 1. The predicted octanol–water partition coefficient (Wildman–Crippen LogP) is 1.62. The monoisotopic (exact) mass is 532 g/mol. The third-order valence-corrected chi connectivity index (χ3v) is 6.16. The molecule has 11 nitrogen and oxygen atoms in total. The quantitative estimate of drug-likeness (QED) is 0.194. The molecule has 0 aromatic heterocycles. The van der Waals surface area contributed by atoms with Gasteiger partial charge in [0.05, 0.1) is 38.9 Å². The lowest BCUT2D eigenvalue weighted by atomic mass is 10.2. The molecule has 0 aliphatic rings. The van der Waals surface area contributed by atoms with Crippen LogP contribution in [0.2, 0.25) is 0 Å². The van der Waals surface area contributed by atoms with E-state index in [4.69, 9.17) is 17.7 Å². The van der Waals surface area contributed by atoms with E-state index < -0.39 is 45.9 Å². The average Bonchev–Trinajstić information content (AvgIpc) is 2.84. The zero-order valence-corrected chi connectivity index (χ0v) is 21.3. The number of hydrogen-bond acceptors (Lipinski definition) is 11. The van der Waals surface area contributed by atoms with Crippen molar-refractivity contribution >= 4 is 33.4 Å². The second-order valence-corrected chi connectivity index (χ2v) is 9.22. The van der Waals surface area contributed by atoms with Crippen molar-refractivity contribution < 1.29 is 49.3 Å². The van der Waals surface area contributed by atoms with Crippen LogP contribution in [0.15, 0.2) is 53.4 Å². The van der Waals surface area contributed by atoms with Gasteiger partial charge in [-0.2, -0.15) is 12.6 Å². The summed E-state index contributed by atoms with van der Waals surface area (Å²) in [6, 6.07) is 13.2. The Morgan fingerprint density at radius 1 is 0.886 bits per heavy atom. The van der Waals surface area contributed by atoms with E-state index in [0.717, 1.165) is 25.3 Å². The lowest BCUT2D eigenvalue weighted by Crippen LogP contribution is -2.29. The smallest absolute Gasteiger partial charge is 0.360 e. The van der Waals surface area contributed by atoms with Gasteiger partial charge in [0.2, 0.25) is 0 Å². The van der Waals surface area contributed by atoms with E-state index in [1.807, 2.05) is 26.0 Å². The molecule has 2 rings (SSSR count). The Morgan fingerprint density at radius 3 is 1.83 bits per heavy atom. The van der Waals surface area contributed by atoms with Gasteiger partial charge in [0.15, 0.2) is 5.92 Å². The lowest BCUT2D eigenvalue weighted by Gasteiger charge is -2.07. The summed E-state index contributed by atoms with van der Waals surface area (Å²) < 4.78 is 58.7. The van der Waals surface area contributed by atoms with Gasteiger partial charge < -0.3 is 18.8 Å². The van der Waals surface area contributed by atoms with Gasteiger partial charge in [-0.3, -0.25) is 18.0 Å². The Bertz CT molecular complexity index is 1050. The van der Waals surface area contributed by atoms with E-state index in [9.17, 15) is 22.2 Å². The van der Waals surface area contributed by atoms with Crippen molar-refractivity contribution in [3.8, 4) is 5.75 Å². The fourth-order valence-corrected chi connectivity index (χ4v) is 3.66. The molecule has 0 saturated carbocycles. The standard InChI is InChI=1S/C16H18O6S2.C6H10O5/c1-13-3-7-15(8-4-13)22-23(17)20-11-12-21-24(18,19)16-9-5-14(2)6-10-16;1-10-5(8)4(3-7)6(9)11-2/h3-10H,11-12H2,1-2H3;4,7H,3H2,1-2H3. The van der Waals surface area contributed by atoms with Crippen LogP contribution in [0.3, 0.4) is 0 Å². The molecule has 0 aliphatic heterocycles. The number of aryl methyl sites for hydroxylation is 2. The summed E-state index contributed by atoms with van der Waals surface area (Å²) in [6.07, 6.45) is 0. The van der Waals surface area contributed by atoms with Gasteiger partial charge >= 0.3 is 23.3 Å². The molecule has 35 heavy (non-hydrogen) atoms. The Hall–Kier alpha value is -2.84. The predicted molar refractivity (Wildman–Crippen MR) is 125 cm³/mol. The zero-order chi connectivity index (χ0) is 26.4. The SMILES string of the molecule is COC(=O)C(CO)C(=O)OC.Cc1ccc(OS(=O)OCCOS(=O)(=O)c2ccc(C)cc2)cc1. The first-order valence-electron chi connectivity index (χ1n) is 10.1. The second-order valence-electron chi connectivity index (χ2n) is 6.79. The zero-order valence-electron chi connectivity index (χ0n) is 19.7. The topological polar surface area (TPSA) is 152 Å². The minimum absolute atomic E-state index is 0.0603. The third kappa shape index (κ3) is 11.0. The highest BCUT2D eigenvalue weighted by Crippen LogP contribution is 2.14. The molecule has 0 saturated heterocycles. The van der Waals surface area contributed by atoms with Crippen molar-refractivity contribution in [1.82, 2.24) is 0 Å². The molecule has 0 aliphatic carbocycles. The molecule has 2 aromatic carbocycles. The van der Waals surface area contributed by atoms with Crippen LogP contribution in [0.5, 0.6) is 5.75 Å². The molecular formula is C22H28O11S2. The molecule has 2 aromatic rings. The fraction of sp³-hybridized carbons (Fsp3) is 0.364. The number of aliphatic hydroxyl groups is 1. The van der Waals surface area contributed by atoms with Crippen LogP contribution in [0.25, 0.3) is 0 Å². The van der Waals surface area contributed by atoms with Gasteiger partial charge in [-0.25, -0.2) is 0 Å². The maximum Gasteiger partial charge on any atom is 0.360 e. The van der Waals surface area contributed by atoms with Gasteiger partial charge in [-0.15, -0.1) is 0 Å². The summed E-state index contributed by atoms with van der Waals surface area (Å²) in [5.41, 5.74) is 1.99. The van der Waals surface area contributed by atoms with Crippen LogP contribution >= 0.6 is 0 Å².